The summed E-state index contributed by atoms with van der Waals surface area (Å²) in [5, 5.41) is 3.06. The molecule has 0 aliphatic heterocycles. The number of likely N-dealkylation sites (N-methyl/N-ethyl adjacent to an activating group) is 1. The first-order valence-electron chi connectivity index (χ1n) is 11.7. The molecule has 0 bridgehead atoms. The highest BCUT2D eigenvalue weighted by Crippen LogP contribution is 2.31. The Morgan fingerprint density at radius 2 is 1.66 bits per heavy atom. The molecule has 0 saturated heterocycles. The van der Waals surface area contributed by atoms with Gasteiger partial charge in [-0.15, -0.1) is 0 Å². The molecule has 3 aromatic carbocycles. The second-order valence-electron chi connectivity index (χ2n) is 7.95. The van der Waals surface area contributed by atoms with Crippen LogP contribution in [-0.4, -0.2) is 49.9 Å². The lowest BCUT2D eigenvalue weighted by Gasteiger charge is -2.19. The van der Waals surface area contributed by atoms with E-state index in [-0.39, 0.29) is 12.2 Å². The van der Waals surface area contributed by atoms with Gasteiger partial charge in [0, 0.05) is 23.9 Å². The average Bonchev–Trinajstić information content (AvgIpc) is 2.87. The van der Waals surface area contributed by atoms with E-state index in [0.29, 0.717) is 34.4 Å². The normalized spacial score (nSPS) is 10.8. The Morgan fingerprint density at radius 3 is 2.31 bits per heavy atom. The molecule has 3 aromatic rings. The highest BCUT2D eigenvalue weighted by molar-refractivity contribution is 6.34. The minimum Gasteiger partial charge on any atom is -0.493 e. The summed E-state index contributed by atoms with van der Waals surface area (Å²) < 4.78 is 11.3. The molecule has 1 amide bonds. The van der Waals surface area contributed by atoms with E-state index in [1.165, 1.54) is 0 Å². The van der Waals surface area contributed by atoms with Gasteiger partial charge in [-0.2, -0.15) is 0 Å². The summed E-state index contributed by atoms with van der Waals surface area (Å²) in [6.07, 6.45) is -0.325. The molecular weight excluding hydrogens is 464 g/mol. The number of anilines is 1. The second-order valence-corrected chi connectivity index (χ2v) is 8.36. The third kappa shape index (κ3) is 7.31. The molecule has 0 aromatic heterocycles. The van der Waals surface area contributed by atoms with E-state index in [4.69, 9.17) is 21.1 Å². The summed E-state index contributed by atoms with van der Waals surface area (Å²) in [6.45, 7) is 7.49. The quantitative estimate of drug-likeness (QED) is 0.249. The molecule has 184 valence electrons. The molecular formula is C28H31ClN2O4. The van der Waals surface area contributed by atoms with Gasteiger partial charge in [0.2, 0.25) is 5.91 Å². The van der Waals surface area contributed by atoms with Gasteiger partial charge >= 0.3 is 0 Å². The number of rotatable bonds is 12. The molecule has 35 heavy (non-hydrogen) atoms. The van der Waals surface area contributed by atoms with Crippen LogP contribution in [0.15, 0.2) is 66.7 Å². The van der Waals surface area contributed by atoms with Crippen molar-refractivity contribution in [3.63, 3.8) is 0 Å². The summed E-state index contributed by atoms with van der Waals surface area (Å²) in [6, 6.07) is 20.1. The van der Waals surface area contributed by atoms with Gasteiger partial charge in [-0.05, 0) is 48.5 Å². The number of hydrogen-bond donors (Lipinski definition) is 1. The van der Waals surface area contributed by atoms with E-state index in [2.05, 4.69) is 24.1 Å². The minimum absolute atomic E-state index is 0.316. The fraction of sp³-hybridized carbons (Fsp3) is 0.286. The predicted molar refractivity (Wildman–Crippen MR) is 141 cm³/mol. The van der Waals surface area contributed by atoms with Crippen molar-refractivity contribution in [2.75, 3.05) is 38.7 Å². The van der Waals surface area contributed by atoms with Crippen LogP contribution in [-0.2, 0) is 4.79 Å². The van der Waals surface area contributed by atoms with Crippen molar-refractivity contribution in [2.45, 2.75) is 20.3 Å². The van der Waals surface area contributed by atoms with Gasteiger partial charge in [-0.25, -0.2) is 0 Å². The Morgan fingerprint density at radius 1 is 0.914 bits per heavy atom. The number of Topliss-reactive ketones (excluding diaryl/α,β-unsaturated/α-hetero) is 1. The Hall–Kier alpha value is -3.35. The van der Waals surface area contributed by atoms with Crippen LogP contribution in [0.4, 0.5) is 5.69 Å². The van der Waals surface area contributed by atoms with Crippen LogP contribution in [0.25, 0.3) is 11.1 Å². The number of carbonyl (C=O) groups is 2. The van der Waals surface area contributed by atoms with E-state index in [1.54, 1.807) is 37.4 Å². The zero-order valence-corrected chi connectivity index (χ0v) is 21.1. The maximum absolute atomic E-state index is 12.7. The lowest BCUT2D eigenvalue weighted by molar-refractivity contribution is -0.115. The smallest absolute Gasteiger partial charge is 0.232 e. The molecule has 6 nitrogen and oxygen atoms in total. The number of carbonyl (C=O) groups excluding carboxylic acids is 2. The van der Waals surface area contributed by atoms with Gasteiger partial charge in [0.05, 0.1) is 18.6 Å². The zero-order chi connectivity index (χ0) is 25.2. The third-order valence-electron chi connectivity index (χ3n) is 5.70. The molecule has 0 heterocycles. The van der Waals surface area contributed by atoms with Crippen LogP contribution in [0.5, 0.6) is 11.5 Å². The van der Waals surface area contributed by atoms with E-state index in [1.807, 2.05) is 36.4 Å². The van der Waals surface area contributed by atoms with Crippen LogP contribution >= 0.6 is 11.6 Å². The Balaban J connectivity index is 1.60. The zero-order valence-electron chi connectivity index (χ0n) is 20.3. The Bertz CT molecular complexity index is 1150. The van der Waals surface area contributed by atoms with E-state index < -0.39 is 5.91 Å². The number of benzene rings is 3. The van der Waals surface area contributed by atoms with Crippen molar-refractivity contribution >= 4 is 29.0 Å². The number of methoxy groups -OCH3 is 1. The standard InChI is InChI=1S/C28H31ClN2O4/c1-4-31(5-2)15-16-35-26-14-12-22(18-27(26)34-3)30-28(33)19-25(32)23-13-11-21(17-24(23)29)20-9-7-6-8-10-20/h6-14,17-18H,4-5,15-16,19H2,1-3H3,(H,30,33). The third-order valence-corrected chi connectivity index (χ3v) is 6.02. The van der Waals surface area contributed by atoms with Crippen molar-refractivity contribution in [3.05, 3.63) is 77.3 Å². The van der Waals surface area contributed by atoms with Gasteiger partial charge in [0.25, 0.3) is 0 Å². The lowest BCUT2D eigenvalue weighted by Crippen LogP contribution is -2.27. The molecule has 0 atom stereocenters. The van der Waals surface area contributed by atoms with Gasteiger partial charge in [-0.1, -0.05) is 61.8 Å². The highest BCUT2D eigenvalue weighted by Gasteiger charge is 2.17. The van der Waals surface area contributed by atoms with E-state index >= 15 is 0 Å². The van der Waals surface area contributed by atoms with Gasteiger partial charge in [0.15, 0.2) is 17.3 Å². The second kappa shape index (κ2) is 12.9. The number of hydrogen-bond acceptors (Lipinski definition) is 5. The van der Waals surface area contributed by atoms with Crippen LogP contribution in [0.1, 0.15) is 30.6 Å². The first kappa shape index (κ1) is 26.3. The summed E-state index contributed by atoms with van der Waals surface area (Å²) in [7, 11) is 1.54. The van der Waals surface area contributed by atoms with Crippen molar-refractivity contribution in [2.24, 2.45) is 0 Å². The number of ether oxygens (including phenoxy) is 2. The molecule has 0 radical (unpaired) electrons. The first-order chi connectivity index (χ1) is 16.9. The maximum Gasteiger partial charge on any atom is 0.232 e. The number of nitrogens with zero attached hydrogens (tertiary/aromatic N) is 1. The molecule has 0 saturated carbocycles. The Labute approximate surface area is 211 Å². The fourth-order valence-corrected chi connectivity index (χ4v) is 3.97. The van der Waals surface area contributed by atoms with Crippen molar-refractivity contribution in [3.8, 4) is 22.6 Å². The summed E-state index contributed by atoms with van der Waals surface area (Å²) in [4.78, 5) is 27.5. The fourth-order valence-electron chi connectivity index (χ4n) is 3.69. The topological polar surface area (TPSA) is 67.9 Å². The average molecular weight is 495 g/mol. The first-order valence-corrected chi connectivity index (χ1v) is 12.0. The van der Waals surface area contributed by atoms with Crippen molar-refractivity contribution in [1.82, 2.24) is 4.90 Å². The van der Waals surface area contributed by atoms with Gasteiger partial charge in [0.1, 0.15) is 6.61 Å². The predicted octanol–water partition coefficient (Wildman–Crippen LogP) is 5.95. The molecule has 7 heteroatoms. The Kier molecular flexibility index (Phi) is 9.70. The van der Waals surface area contributed by atoms with Crippen LogP contribution in [0.2, 0.25) is 5.02 Å². The van der Waals surface area contributed by atoms with Crippen LogP contribution in [0.3, 0.4) is 0 Å². The lowest BCUT2D eigenvalue weighted by atomic mass is 10.0. The van der Waals surface area contributed by atoms with Crippen LogP contribution in [0, 0.1) is 0 Å². The molecule has 0 aliphatic carbocycles. The summed E-state index contributed by atoms with van der Waals surface area (Å²) in [5.74, 6) is 0.318. The van der Waals surface area contributed by atoms with Crippen LogP contribution < -0.4 is 14.8 Å². The number of nitrogens with one attached hydrogen (secondary N) is 1. The van der Waals surface area contributed by atoms with Crippen molar-refractivity contribution < 1.29 is 19.1 Å². The number of ketones is 1. The maximum atomic E-state index is 12.7. The molecule has 0 spiro atoms. The monoisotopic (exact) mass is 494 g/mol. The van der Waals surface area contributed by atoms with Gasteiger partial charge < -0.3 is 19.7 Å². The highest BCUT2D eigenvalue weighted by atomic mass is 35.5. The van der Waals surface area contributed by atoms with E-state index in [0.717, 1.165) is 30.8 Å². The number of amides is 1. The largest absolute Gasteiger partial charge is 0.493 e. The summed E-state index contributed by atoms with van der Waals surface area (Å²) >= 11 is 6.37. The van der Waals surface area contributed by atoms with Crippen molar-refractivity contribution in [1.29, 1.82) is 0 Å². The molecule has 1 N–H and O–H groups in total. The summed E-state index contributed by atoms with van der Waals surface area (Å²) in [5.41, 5.74) is 2.74. The number of halogens is 1. The van der Waals surface area contributed by atoms with Gasteiger partial charge in [-0.3, -0.25) is 9.59 Å². The SMILES string of the molecule is CCN(CC)CCOc1ccc(NC(=O)CC(=O)c2ccc(-c3ccccc3)cc2Cl)cc1OC. The molecule has 0 unspecified atom stereocenters. The minimum atomic E-state index is -0.435. The molecule has 0 fully saturated rings. The molecule has 3 rings (SSSR count). The van der Waals surface area contributed by atoms with E-state index in [9.17, 15) is 9.59 Å². The molecule has 0 aliphatic rings.